The molecule has 0 aromatic heterocycles. The number of rotatable bonds is 6. The Hall–Kier alpha value is -8.00. The van der Waals surface area contributed by atoms with Crippen LogP contribution in [0.4, 0.5) is 17.1 Å². The first-order valence-electron chi connectivity index (χ1n) is 22.8. The predicted octanol–water partition coefficient (Wildman–Crippen LogP) is 16.8. The average Bonchev–Trinajstić information content (AvgIpc) is 3.93. The molecule has 0 heterocycles. The molecule has 0 N–H and O–H groups in total. The lowest BCUT2D eigenvalue weighted by Crippen LogP contribution is -2.27. The summed E-state index contributed by atoms with van der Waals surface area (Å²) in [6.45, 7) is 4.88. The van der Waals surface area contributed by atoms with Crippen LogP contribution >= 0.6 is 0 Å². The minimum Gasteiger partial charge on any atom is -0.310 e. The lowest BCUT2D eigenvalue weighted by atomic mass is 9.69. The molecule has 0 saturated carbocycles. The molecular formula is C64H45N. The molecule has 65 heavy (non-hydrogen) atoms. The van der Waals surface area contributed by atoms with E-state index in [1.54, 1.807) is 0 Å². The van der Waals surface area contributed by atoms with E-state index in [1.807, 2.05) is 0 Å². The lowest BCUT2D eigenvalue weighted by molar-refractivity contribution is 0.660. The topological polar surface area (TPSA) is 3.24 Å². The standard InChI is InChI=1S/C64H45N/c1-63(2)54-30-16-14-28-52(54)61-60-53-29-15-19-33-57(53)64(55-31-17-12-26-50(55)51-27-13-18-32-56(51)64)58(60)41-59(62(61)63)65(48-36-34-45(35-37-48)42-20-6-3-7-21-42)49-39-46(43-22-8-4-9-23-43)38-47(40-49)44-24-10-5-11-25-44/h3-41H,1-2H3. The van der Waals surface area contributed by atoms with Crippen molar-refractivity contribution < 1.29 is 0 Å². The Morgan fingerprint density at radius 1 is 0.292 bits per heavy atom. The second-order valence-corrected chi connectivity index (χ2v) is 18.4. The van der Waals surface area contributed by atoms with Crippen molar-refractivity contribution in [3.63, 3.8) is 0 Å². The van der Waals surface area contributed by atoms with E-state index in [4.69, 9.17) is 0 Å². The van der Waals surface area contributed by atoms with Crippen LogP contribution in [0.5, 0.6) is 0 Å². The largest absolute Gasteiger partial charge is 0.310 e. The van der Waals surface area contributed by atoms with E-state index in [0.29, 0.717) is 0 Å². The van der Waals surface area contributed by atoms with Crippen LogP contribution in [0.1, 0.15) is 47.2 Å². The molecule has 0 atom stereocenters. The highest BCUT2D eigenvalue weighted by Gasteiger charge is 2.54. The van der Waals surface area contributed by atoms with Crippen LogP contribution in [0, 0.1) is 0 Å². The molecule has 0 bridgehead atoms. The minimum atomic E-state index is -0.519. The fourth-order valence-electron chi connectivity index (χ4n) is 11.9. The molecule has 3 aliphatic rings. The number of nitrogens with zero attached hydrogens (tertiary/aromatic N) is 1. The number of fused-ring (bicyclic) bond motifs is 14. The minimum absolute atomic E-state index is 0.325. The van der Waals surface area contributed by atoms with Crippen LogP contribution in [0.15, 0.2) is 237 Å². The van der Waals surface area contributed by atoms with Gasteiger partial charge in [-0.1, -0.05) is 214 Å². The second kappa shape index (κ2) is 14.3. The zero-order chi connectivity index (χ0) is 43.3. The summed E-state index contributed by atoms with van der Waals surface area (Å²) in [5.41, 5.74) is 25.8. The van der Waals surface area contributed by atoms with Crippen molar-refractivity contribution in [3.8, 4) is 66.8 Å². The highest BCUT2D eigenvalue weighted by atomic mass is 15.1. The van der Waals surface area contributed by atoms with Crippen LogP contribution in [0.3, 0.4) is 0 Å². The van der Waals surface area contributed by atoms with Crippen molar-refractivity contribution in [1.82, 2.24) is 0 Å². The van der Waals surface area contributed by atoms with Crippen molar-refractivity contribution in [1.29, 1.82) is 0 Å². The average molecular weight is 828 g/mol. The first-order chi connectivity index (χ1) is 32.0. The van der Waals surface area contributed by atoms with Crippen molar-refractivity contribution in [2.45, 2.75) is 24.7 Å². The molecule has 13 rings (SSSR count). The molecule has 0 unspecified atom stereocenters. The van der Waals surface area contributed by atoms with Gasteiger partial charge in [0.1, 0.15) is 0 Å². The number of anilines is 3. The quantitative estimate of drug-likeness (QED) is 0.161. The van der Waals surface area contributed by atoms with E-state index in [-0.39, 0.29) is 5.41 Å². The monoisotopic (exact) mass is 827 g/mol. The summed E-state index contributed by atoms with van der Waals surface area (Å²) in [4.78, 5) is 2.59. The molecule has 306 valence electrons. The molecular weight excluding hydrogens is 783 g/mol. The molecule has 0 saturated heterocycles. The Morgan fingerprint density at radius 3 is 1.22 bits per heavy atom. The molecule has 0 fully saturated rings. The Bertz CT molecular complexity index is 3390. The van der Waals surface area contributed by atoms with Gasteiger partial charge < -0.3 is 4.90 Å². The Morgan fingerprint density at radius 2 is 0.692 bits per heavy atom. The number of hydrogen-bond donors (Lipinski definition) is 0. The first kappa shape index (κ1) is 37.5. The van der Waals surface area contributed by atoms with E-state index in [0.717, 1.165) is 11.4 Å². The lowest BCUT2D eigenvalue weighted by Gasteiger charge is -2.36. The van der Waals surface area contributed by atoms with Gasteiger partial charge in [0.05, 0.1) is 11.1 Å². The van der Waals surface area contributed by atoms with E-state index in [1.165, 1.54) is 106 Å². The van der Waals surface area contributed by atoms with Gasteiger partial charge in [-0.2, -0.15) is 0 Å². The molecule has 10 aromatic rings. The number of benzene rings is 10. The Balaban J connectivity index is 1.18. The molecule has 1 heteroatoms. The molecule has 0 aliphatic heterocycles. The summed E-state index contributed by atoms with van der Waals surface area (Å²) < 4.78 is 0. The van der Waals surface area contributed by atoms with Crippen LogP contribution in [0.25, 0.3) is 66.8 Å². The molecule has 0 amide bonds. The summed E-state index contributed by atoms with van der Waals surface area (Å²) >= 11 is 0. The van der Waals surface area contributed by atoms with Crippen molar-refractivity contribution in [2.24, 2.45) is 0 Å². The van der Waals surface area contributed by atoms with Gasteiger partial charge in [0.2, 0.25) is 0 Å². The summed E-state index contributed by atoms with van der Waals surface area (Å²) in [5, 5.41) is 0. The molecule has 0 radical (unpaired) electrons. The van der Waals surface area contributed by atoms with E-state index >= 15 is 0 Å². The zero-order valence-corrected chi connectivity index (χ0v) is 36.5. The molecule has 3 aliphatic carbocycles. The third-order valence-electron chi connectivity index (χ3n) is 14.6. The maximum atomic E-state index is 2.61. The summed E-state index contributed by atoms with van der Waals surface area (Å²) in [5.74, 6) is 0. The van der Waals surface area contributed by atoms with Gasteiger partial charge in [-0.3, -0.25) is 0 Å². The van der Waals surface area contributed by atoms with Crippen LogP contribution in [0.2, 0.25) is 0 Å². The molecule has 1 spiro atoms. The zero-order valence-electron chi connectivity index (χ0n) is 36.5. The Kier molecular flexibility index (Phi) is 8.24. The van der Waals surface area contributed by atoms with Crippen LogP contribution in [-0.2, 0) is 10.8 Å². The molecule has 1 nitrogen and oxygen atoms in total. The number of hydrogen-bond acceptors (Lipinski definition) is 1. The van der Waals surface area contributed by atoms with Crippen molar-refractivity contribution in [3.05, 3.63) is 270 Å². The van der Waals surface area contributed by atoms with Gasteiger partial charge in [0.25, 0.3) is 0 Å². The fourth-order valence-corrected chi connectivity index (χ4v) is 11.9. The molecule has 10 aromatic carbocycles. The van der Waals surface area contributed by atoms with E-state index in [9.17, 15) is 0 Å². The maximum absolute atomic E-state index is 2.61. The first-order valence-corrected chi connectivity index (χ1v) is 22.8. The smallest absolute Gasteiger partial charge is 0.0726 e. The highest BCUT2D eigenvalue weighted by Crippen LogP contribution is 2.68. The van der Waals surface area contributed by atoms with Gasteiger partial charge in [-0.05, 0) is 137 Å². The van der Waals surface area contributed by atoms with Gasteiger partial charge >= 0.3 is 0 Å². The fraction of sp³-hybridized carbons (Fsp3) is 0.0625. The summed E-state index contributed by atoms with van der Waals surface area (Å²) in [6.07, 6.45) is 0. The van der Waals surface area contributed by atoms with Crippen molar-refractivity contribution in [2.75, 3.05) is 4.90 Å². The third kappa shape index (κ3) is 5.39. The summed E-state index contributed by atoms with van der Waals surface area (Å²) in [7, 11) is 0. The maximum Gasteiger partial charge on any atom is 0.0726 e. The van der Waals surface area contributed by atoms with Gasteiger partial charge in [-0.15, -0.1) is 0 Å². The van der Waals surface area contributed by atoms with Gasteiger partial charge in [0, 0.05) is 16.8 Å². The van der Waals surface area contributed by atoms with Crippen LogP contribution in [-0.4, -0.2) is 0 Å². The SMILES string of the molecule is CC1(C)c2ccccc2-c2c3c(cc(N(c4ccc(-c5ccccc5)cc4)c4cc(-c5ccccc5)cc(-c5ccccc5)c4)c21)C1(c2ccccc2-c2ccccc21)c1ccccc1-3. The van der Waals surface area contributed by atoms with Gasteiger partial charge in [0.15, 0.2) is 0 Å². The van der Waals surface area contributed by atoms with Gasteiger partial charge in [-0.25, -0.2) is 0 Å². The predicted molar refractivity (Wildman–Crippen MR) is 271 cm³/mol. The van der Waals surface area contributed by atoms with E-state index < -0.39 is 5.41 Å². The second-order valence-electron chi connectivity index (χ2n) is 18.4. The third-order valence-corrected chi connectivity index (χ3v) is 14.6. The normalized spacial score (nSPS) is 13.9. The summed E-state index contributed by atoms with van der Waals surface area (Å²) in [6, 6.07) is 88.3. The Labute approximate surface area is 381 Å². The highest BCUT2D eigenvalue weighted by molar-refractivity contribution is 6.06. The van der Waals surface area contributed by atoms with Crippen molar-refractivity contribution >= 4 is 17.1 Å². The van der Waals surface area contributed by atoms with Crippen LogP contribution < -0.4 is 4.90 Å². The van der Waals surface area contributed by atoms with E-state index in [2.05, 4.69) is 255 Å².